The molecule has 2 fully saturated rings. The van der Waals surface area contributed by atoms with Crippen molar-refractivity contribution in [1.29, 1.82) is 0 Å². The van der Waals surface area contributed by atoms with Crippen LogP contribution in [0.25, 0.3) is 0 Å². The molecule has 1 saturated carbocycles. The number of nitrogens with one attached hydrogen (secondary N) is 1. The fourth-order valence-electron chi connectivity index (χ4n) is 3.50. The summed E-state index contributed by atoms with van der Waals surface area (Å²) in [6, 6.07) is 0.324. The van der Waals surface area contributed by atoms with Gasteiger partial charge in [0.15, 0.2) is 0 Å². The lowest BCUT2D eigenvalue weighted by molar-refractivity contribution is -0.120. The molecule has 2 aliphatic rings. The summed E-state index contributed by atoms with van der Waals surface area (Å²) in [6.45, 7) is 11.5. The van der Waals surface area contributed by atoms with Crippen LogP contribution >= 0.6 is 11.3 Å². The van der Waals surface area contributed by atoms with E-state index in [0.717, 1.165) is 37.2 Å². The maximum absolute atomic E-state index is 12.7. The number of carbonyl (C=O) groups is 1. The highest BCUT2D eigenvalue weighted by atomic mass is 32.1. The van der Waals surface area contributed by atoms with Crippen LogP contribution in [0, 0.1) is 0 Å². The Morgan fingerprint density at radius 2 is 2.09 bits per heavy atom. The second kappa shape index (κ2) is 6.32. The first-order valence-corrected chi connectivity index (χ1v) is 9.26. The lowest BCUT2D eigenvalue weighted by Gasteiger charge is -2.30. The predicted molar refractivity (Wildman–Crippen MR) is 93.7 cm³/mol. The lowest BCUT2D eigenvalue weighted by Crippen LogP contribution is -2.45. The summed E-state index contributed by atoms with van der Waals surface area (Å²) in [6.07, 6.45) is 5.42. The van der Waals surface area contributed by atoms with Gasteiger partial charge in [-0.05, 0) is 38.6 Å². The number of carbonyl (C=O) groups excluding carboxylic acids is 1. The molecule has 1 saturated heterocycles. The molecule has 2 atom stereocenters. The minimum absolute atomic E-state index is 0.0401. The zero-order chi connectivity index (χ0) is 16.6. The van der Waals surface area contributed by atoms with E-state index in [1.54, 1.807) is 0 Å². The van der Waals surface area contributed by atoms with Crippen molar-refractivity contribution in [3.8, 4) is 0 Å². The second-order valence-electron chi connectivity index (χ2n) is 7.61. The van der Waals surface area contributed by atoms with Crippen LogP contribution in [0.15, 0.2) is 12.2 Å². The molecule has 1 aliphatic carbocycles. The van der Waals surface area contributed by atoms with Gasteiger partial charge in [-0.25, -0.2) is 0 Å². The topological polar surface area (TPSA) is 58.1 Å². The summed E-state index contributed by atoms with van der Waals surface area (Å²) in [5.41, 5.74) is 1.25. The van der Waals surface area contributed by atoms with E-state index in [9.17, 15) is 4.79 Å². The van der Waals surface area contributed by atoms with Crippen molar-refractivity contribution < 1.29 is 4.79 Å². The Morgan fingerprint density at radius 1 is 1.30 bits per heavy atom. The Hall–Kier alpha value is -1.27. The van der Waals surface area contributed by atoms with E-state index in [-0.39, 0.29) is 17.4 Å². The summed E-state index contributed by atoms with van der Waals surface area (Å²) in [5.74, 6) is 0.0545. The molecule has 0 aromatic carbocycles. The van der Waals surface area contributed by atoms with Crippen LogP contribution in [0.2, 0.25) is 0 Å². The number of anilines is 1. The van der Waals surface area contributed by atoms with Crippen molar-refractivity contribution in [2.75, 3.05) is 11.9 Å². The molecule has 1 aromatic heterocycles. The molecule has 0 bridgehead atoms. The van der Waals surface area contributed by atoms with E-state index in [1.807, 2.05) is 0 Å². The SMILES string of the molecule is C=C1CCCC1N1CCCC1C(=O)Nc1nnc(C(C)(C)C)s1. The monoisotopic (exact) mass is 334 g/mol. The van der Waals surface area contributed by atoms with E-state index < -0.39 is 0 Å². The van der Waals surface area contributed by atoms with E-state index in [4.69, 9.17) is 0 Å². The van der Waals surface area contributed by atoms with E-state index in [1.165, 1.54) is 23.3 Å². The molecule has 6 heteroatoms. The van der Waals surface area contributed by atoms with E-state index in [2.05, 4.69) is 47.8 Å². The van der Waals surface area contributed by atoms with Gasteiger partial charge >= 0.3 is 0 Å². The van der Waals surface area contributed by atoms with E-state index in [0.29, 0.717) is 11.2 Å². The first-order valence-electron chi connectivity index (χ1n) is 8.44. The van der Waals surface area contributed by atoms with Crippen LogP contribution in [0.3, 0.4) is 0 Å². The standard InChI is InChI=1S/C17H26N4OS/c1-11-7-5-8-12(11)21-10-6-9-13(21)14(22)18-16-20-19-15(23-16)17(2,3)4/h12-13H,1,5-10H2,2-4H3,(H,18,20,22). The van der Waals surface area contributed by atoms with Gasteiger partial charge in [0, 0.05) is 11.5 Å². The molecule has 126 valence electrons. The molecule has 0 spiro atoms. The highest BCUT2D eigenvalue weighted by Gasteiger charge is 2.38. The Labute approximate surface area is 142 Å². The smallest absolute Gasteiger partial charge is 0.243 e. The quantitative estimate of drug-likeness (QED) is 0.861. The van der Waals surface area contributed by atoms with Gasteiger partial charge in [-0.15, -0.1) is 10.2 Å². The average molecular weight is 334 g/mol. The third-order valence-corrected chi connectivity index (χ3v) is 6.01. The fraction of sp³-hybridized carbons (Fsp3) is 0.706. The zero-order valence-electron chi connectivity index (χ0n) is 14.3. The van der Waals surface area contributed by atoms with E-state index >= 15 is 0 Å². The average Bonchev–Trinajstić information content (AvgIpc) is 3.16. The molecular formula is C17H26N4OS. The predicted octanol–water partition coefficient (Wildman–Crippen LogP) is 3.35. The highest BCUT2D eigenvalue weighted by molar-refractivity contribution is 7.15. The maximum Gasteiger partial charge on any atom is 0.243 e. The molecule has 2 heterocycles. The summed E-state index contributed by atoms with van der Waals surface area (Å²) < 4.78 is 0. The van der Waals surface area contributed by atoms with Crippen molar-refractivity contribution in [1.82, 2.24) is 15.1 Å². The molecule has 1 aliphatic heterocycles. The second-order valence-corrected chi connectivity index (χ2v) is 8.59. The van der Waals surface area contributed by atoms with Crippen molar-refractivity contribution >= 4 is 22.4 Å². The third-order valence-electron chi connectivity index (χ3n) is 4.74. The Bertz CT molecular complexity index is 604. The molecule has 1 N–H and O–H groups in total. The van der Waals surface area contributed by atoms with Crippen LogP contribution in [0.1, 0.15) is 57.9 Å². The highest BCUT2D eigenvalue weighted by Crippen LogP contribution is 2.34. The molecule has 1 aromatic rings. The van der Waals surface area contributed by atoms with Gasteiger partial charge in [-0.3, -0.25) is 15.0 Å². The van der Waals surface area contributed by atoms with Crippen LogP contribution in [0.4, 0.5) is 5.13 Å². The third kappa shape index (κ3) is 3.48. The van der Waals surface area contributed by atoms with Gasteiger partial charge in [0.1, 0.15) is 5.01 Å². The number of aromatic nitrogens is 2. The van der Waals surface area contributed by atoms with Crippen molar-refractivity contribution in [2.24, 2.45) is 0 Å². The largest absolute Gasteiger partial charge is 0.299 e. The lowest BCUT2D eigenvalue weighted by atomic mass is 9.98. The van der Waals surface area contributed by atoms with Crippen LogP contribution < -0.4 is 5.32 Å². The summed E-state index contributed by atoms with van der Waals surface area (Å²) in [5, 5.41) is 12.9. The Balaban J connectivity index is 1.67. The molecular weight excluding hydrogens is 308 g/mol. The summed E-state index contributed by atoms with van der Waals surface area (Å²) >= 11 is 1.47. The molecule has 1 amide bonds. The van der Waals surface area contributed by atoms with Gasteiger partial charge in [-0.2, -0.15) is 0 Å². The van der Waals surface area contributed by atoms with Crippen LogP contribution in [-0.4, -0.2) is 39.6 Å². The molecule has 23 heavy (non-hydrogen) atoms. The molecule has 3 rings (SSSR count). The van der Waals surface area contributed by atoms with Crippen LogP contribution in [-0.2, 0) is 10.2 Å². The normalized spacial score (nSPS) is 26.0. The van der Waals surface area contributed by atoms with Gasteiger partial charge in [0.05, 0.1) is 6.04 Å². The summed E-state index contributed by atoms with van der Waals surface area (Å²) in [4.78, 5) is 15.0. The minimum atomic E-state index is -0.0585. The molecule has 2 unspecified atom stereocenters. The number of likely N-dealkylation sites (tertiary alicyclic amines) is 1. The van der Waals surface area contributed by atoms with Gasteiger partial charge in [-0.1, -0.05) is 44.3 Å². The molecule has 0 radical (unpaired) electrons. The van der Waals surface area contributed by atoms with Gasteiger partial charge in [0.25, 0.3) is 0 Å². The number of amides is 1. The first kappa shape index (κ1) is 16.6. The zero-order valence-corrected chi connectivity index (χ0v) is 15.1. The number of hydrogen-bond donors (Lipinski definition) is 1. The molecule has 5 nitrogen and oxygen atoms in total. The van der Waals surface area contributed by atoms with Crippen molar-refractivity contribution in [3.05, 3.63) is 17.2 Å². The van der Waals surface area contributed by atoms with Crippen LogP contribution in [0.5, 0.6) is 0 Å². The number of hydrogen-bond acceptors (Lipinski definition) is 5. The Kier molecular flexibility index (Phi) is 4.56. The Morgan fingerprint density at radius 3 is 2.70 bits per heavy atom. The fourth-order valence-corrected chi connectivity index (χ4v) is 4.31. The van der Waals surface area contributed by atoms with Crippen molar-refractivity contribution in [2.45, 2.75) is 70.4 Å². The first-order chi connectivity index (χ1) is 10.9. The number of rotatable bonds is 3. The van der Waals surface area contributed by atoms with Crippen molar-refractivity contribution in [3.63, 3.8) is 0 Å². The van der Waals surface area contributed by atoms with Gasteiger partial charge < -0.3 is 0 Å². The minimum Gasteiger partial charge on any atom is -0.299 e. The number of nitrogens with zero attached hydrogens (tertiary/aromatic N) is 3. The summed E-state index contributed by atoms with van der Waals surface area (Å²) in [7, 11) is 0. The maximum atomic E-state index is 12.7. The van der Waals surface area contributed by atoms with Gasteiger partial charge in [0.2, 0.25) is 11.0 Å².